The Labute approximate surface area is 159 Å². The number of aryl methyl sites for hydroxylation is 1. The Morgan fingerprint density at radius 2 is 1.93 bits per heavy atom. The first-order chi connectivity index (χ1) is 13.0. The third-order valence-electron chi connectivity index (χ3n) is 4.90. The van der Waals surface area contributed by atoms with E-state index in [2.05, 4.69) is 4.98 Å². The van der Waals surface area contributed by atoms with Crippen molar-refractivity contribution in [3.63, 3.8) is 0 Å². The minimum atomic E-state index is -1.48. The summed E-state index contributed by atoms with van der Waals surface area (Å²) in [5, 5.41) is 42.3. The van der Waals surface area contributed by atoms with Gasteiger partial charge in [0.15, 0.2) is 0 Å². The van der Waals surface area contributed by atoms with Crippen LogP contribution in [0.1, 0.15) is 5.56 Å². The highest BCUT2D eigenvalue weighted by atomic mass is 32.1. The molecule has 0 saturated carbocycles. The summed E-state index contributed by atoms with van der Waals surface area (Å²) in [5.74, 6) is 0.480. The number of aromatic nitrogens is 1. The number of nitrogens with one attached hydrogen (secondary N) is 1. The average molecular weight is 391 g/mol. The molecule has 2 aromatic heterocycles. The summed E-state index contributed by atoms with van der Waals surface area (Å²) in [6.45, 7) is 1.48. The smallest absolute Gasteiger partial charge is 0.229 e. The molecule has 5 N–H and O–H groups in total. The first kappa shape index (κ1) is 18.4. The highest BCUT2D eigenvalue weighted by Crippen LogP contribution is 2.38. The average Bonchev–Trinajstić information content (AvgIpc) is 3.31. The Hall–Kier alpha value is -1.94. The molecule has 0 aliphatic carbocycles. The monoisotopic (exact) mass is 391 g/mol. The molecule has 0 amide bonds. The van der Waals surface area contributed by atoms with Crippen molar-refractivity contribution in [2.45, 2.75) is 37.6 Å². The minimum Gasteiger partial charge on any atom is -0.461 e. The van der Waals surface area contributed by atoms with Crippen molar-refractivity contribution in [3.05, 3.63) is 41.3 Å². The fraction of sp³-hybridized carbons (Fsp3) is 0.368. The molecule has 4 rings (SSSR count). The maximum atomic E-state index is 10.2. The second-order valence-corrected chi connectivity index (χ2v) is 7.54. The van der Waals surface area contributed by atoms with Gasteiger partial charge in [-0.1, -0.05) is 12.1 Å². The number of benzene rings is 1. The van der Waals surface area contributed by atoms with E-state index in [-0.39, 0.29) is 0 Å². The Morgan fingerprint density at radius 3 is 2.63 bits per heavy atom. The molecule has 8 heteroatoms. The predicted octanol–water partition coefficient (Wildman–Crippen LogP) is 1.38. The van der Waals surface area contributed by atoms with Gasteiger partial charge in [0.2, 0.25) is 6.29 Å². The summed E-state index contributed by atoms with van der Waals surface area (Å²) in [4.78, 5) is 4.49. The highest BCUT2D eigenvalue weighted by molar-refractivity contribution is 7.13. The van der Waals surface area contributed by atoms with Gasteiger partial charge in [0, 0.05) is 10.9 Å². The maximum Gasteiger partial charge on any atom is 0.229 e. The van der Waals surface area contributed by atoms with Crippen molar-refractivity contribution in [2.24, 2.45) is 0 Å². The zero-order valence-electron chi connectivity index (χ0n) is 14.6. The third kappa shape index (κ3) is 3.14. The fourth-order valence-electron chi connectivity index (χ4n) is 3.43. The van der Waals surface area contributed by atoms with Crippen LogP contribution in [0, 0.1) is 6.92 Å². The molecule has 0 unspecified atom stereocenters. The van der Waals surface area contributed by atoms with E-state index < -0.39 is 37.3 Å². The summed E-state index contributed by atoms with van der Waals surface area (Å²) < 4.78 is 11.3. The van der Waals surface area contributed by atoms with Gasteiger partial charge >= 0.3 is 0 Å². The lowest BCUT2D eigenvalue weighted by Crippen LogP contribution is -2.60. The summed E-state index contributed by atoms with van der Waals surface area (Å²) in [6.07, 6.45) is -6.57. The van der Waals surface area contributed by atoms with E-state index in [1.165, 1.54) is 0 Å². The van der Waals surface area contributed by atoms with Gasteiger partial charge in [-0.05, 0) is 36.1 Å². The largest absolute Gasteiger partial charge is 0.461 e. The van der Waals surface area contributed by atoms with Crippen LogP contribution in [0.15, 0.2) is 35.7 Å². The van der Waals surface area contributed by atoms with Crippen LogP contribution in [0.25, 0.3) is 21.5 Å². The molecule has 144 valence electrons. The number of hydrogen-bond acceptors (Lipinski definition) is 7. The zero-order valence-corrected chi connectivity index (χ0v) is 15.4. The standard InChI is InChI=1S/C19H21NO6S/c1-9-14-10(20-15(9)13-6-3-7-27-13)4-2-5-11(14)25-19-18(24)17(23)16(22)12(8-21)26-19/h2-7,12,16-24H,8H2,1H3/t12-,16-,17+,18-,19-/m1/s1. The van der Waals surface area contributed by atoms with Crippen LogP contribution in [0.3, 0.4) is 0 Å². The Morgan fingerprint density at radius 1 is 1.11 bits per heavy atom. The van der Waals surface area contributed by atoms with Crippen LogP contribution in [0.5, 0.6) is 5.75 Å². The van der Waals surface area contributed by atoms with E-state index in [1.54, 1.807) is 17.4 Å². The van der Waals surface area contributed by atoms with Crippen LogP contribution >= 0.6 is 11.3 Å². The van der Waals surface area contributed by atoms with Crippen molar-refractivity contribution >= 4 is 22.2 Å². The van der Waals surface area contributed by atoms with Crippen molar-refractivity contribution in [2.75, 3.05) is 6.61 Å². The molecule has 3 heterocycles. The molecule has 1 saturated heterocycles. The van der Waals surface area contributed by atoms with Crippen LogP contribution < -0.4 is 4.74 Å². The van der Waals surface area contributed by atoms with Gasteiger partial charge in [-0.15, -0.1) is 11.3 Å². The lowest BCUT2D eigenvalue weighted by Gasteiger charge is -2.39. The molecule has 0 bridgehead atoms. The number of hydrogen-bond donors (Lipinski definition) is 5. The van der Waals surface area contributed by atoms with Crippen LogP contribution in [-0.2, 0) is 4.74 Å². The SMILES string of the molecule is Cc1c(-c2cccs2)[nH]c2cccc(O[C@@H]3O[C@H](CO)[C@@H](O)[C@H](O)[C@H]3O)c12. The molecule has 1 aliphatic rings. The van der Waals surface area contributed by atoms with E-state index >= 15 is 0 Å². The minimum absolute atomic E-state index is 0.480. The number of rotatable bonds is 4. The second kappa shape index (κ2) is 7.23. The summed E-state index contributed by atoms with van der Waals surface area (Å²) in [7, 11) is 0. The fourth-order valence-corrected chi connectivity index (χ4v) is 4.21. The summed E-state index contributed by atoms with van der Waals surface area (Å²) in [5.41, 5.74) is 2.86. The van der Waals surface area contributed by atoms with Gasteiger partial charge in [0.1, 0.15) is 30.2 Å². The number of fused-ring (bicyclic) bond motifs is 1. The summed E-state index contributed by atoms with van der Waals surface area (Å²) >= 11 is 1.63. The first-order valence-electron chi connectivity index (χ1n) is 8.63. The Kier molecular flexibility index (Phi) is 4.94. The van der Waals surface area contributed by atoms with Crippen molar-refractivity contribution in [1.29, 1.82) is 0 Å². The molecule has 7 nitrogen and oxygen atoms in total. The number of thiophene rings is 1. The van der Waals surface area contributed by atoms with Crippen molar-refractivity contribution < 1.29 is 29.9 Å². The van der Waals surface area contributed by atoms with Crippen LogP contribution in [0.2, 0.25) is 0 Å². The molecular formula is C19H21NO6S. The number of aromatic amines is 1. The molecule has 5 atom stereocenters. The Bertz CT molecular complexity index is 922. The van der Waals surface area contributed by atoms with Gasteiger partial charge in [-0.3, -0.25) is 0 Å². The van der Waals surface area contributed by atoms with Crippen molar-refractivity contribution in [1.82, 2.24) is 4.98 Å². The van der Waals surface area contributed by atoms with Gasteiger partial charge in [0.25, 0.3) is 0 Å². The molecule has 1 aliphatic heterocycles. The zero-order chi connectivity index (χ0) is 19.1. The molecule has 0 spiro atoms. The number of aliphatic hydroxyl groups is 4. The number of aliphatic hydroxyl groups excluding tert-OH is 4. The molecule has 0 radical (unpaired) electrons. The van der Waals surface area contributed by atoms with E-state index in [4.69, 9.17) is 9.47 Å². The quantitative estimate of drug-likeness (QED) is 0.459. The van der Waals surface area contributed by atoms with Gasteiger partial charge in [0.05, 0.1) is 17.2 Å². The topological polar surface area (TPSA) is 115 Å². The lowest BCUT2D eigenvalue weighted by atomic mass is 9.99. The van der Waals surface area contributed by atoms with Crippen LogP contribution in [-0.4, -0.2) is 62.7 Å². The van der Waals surface area contributed by atoms with Gasteiger partial charge in [-0.2, -0.15) is 0 Å². The van der Waals surface area contributed by atoms with Crippen LogP contribution in [0.4, 0.5) is 0 Å². The number of H-pyrrole nitrogens is 1. The third-order valence-corrected chi connectivity index (χ3v) is 5.78. The Balaban J connectivity index is 1.70. The van der Waals surface area contributed by atoms with Gasteiger partial charge < -0.3 is 34.9 Å². The number of ether oxygens (including phenoxy) is 2. The van der Waals surface area contributed by atoms with E-state index in [9.17, 15) is 20.4 Å². The molecule has 1 aromatic carbocycles. The lowest BCUT2D eigenvalue weighted by molar-refractivity contribution is -0.277. The van der Waals surface area contributed by atoms with Crippen molar-refractivity contribution in [3.8, 4) is 16.3 Å². The molecular weight excluding hydrogens is 370 g/mol. The van der Waals surface area contributed by atoms with E-state index in [0.717, 1.165) is 27.0 Å². The van der Waals surface area contributed by atoms with Gasteiger partial charge in [-0.25, -0.2) is 0 Å². The van der Waals surface area contributed by atoms with E-state index in [1.807, 2.05) is 36.6 Å². The molecule has 3 aromatic rings. The normalized spacial score (nSPS) is 28.6. The predicted molar refractivity (Wildman–Crippen MR) is 101 cm³/mol. The first-order valence-corrected chi connectivity index (χ1v) is 9.51. The second-order valence-electron chi connectivity index (χ2n) is 6.60. The summed E-state index contributed by atoms with van der Waals surface area (Å²) in [6, 6.07) is 9.51. The molecule has 27 heavy (non-hydrogen) atoms. The maximum absolute atomic E-state index is 10.2. The highest BCUT2D eigenvalue weighted by Gasteiger charge is 2.44. The van der Waals surface area contributed by atoms with E-state index in [0.29, 0.717) is 5.75 Å². The molecule has 1 fully saturated rings.